The standard InChI is InChI=1S/C18H22N2O3S2/c21-17(20-18-19-9-10-24-18)16(11-13-3-1-2-4-13)15-7-5-14(6-8-15)12-25(22)23/h5-10,13,16,25H,1-4,11-12H2,(H,19,20,21)/t16-/m1/s1. The van der Waals surface area contributed by atoms with Gasteiger partial charge in [0.15, 0.2) is 5.13 Å². The van der Waals surface area contributed by atoms with Crippen LogP contribution in [0.4, 0.5) is 5.13 Å². The fourth-order valence-electron chi connectivity index (χ4n) is 3.46. The lowest BCUT2D eigenvalue weighted by atomic mass is 9.87. The molecule has 1 N–H and O–H groups in total. The highest BCUT2D eigenvalue weighted by Gasteiger charge is 2.27. The Bertz CT molecular complexity index is 756. The van der Waals surface area contributed by atoms with Crippen LogP contribution in [0.1, 0.15) is 49.1 Å². The van der Waals surface area contributed by atoms with Crippen molar-refractivity contribution in [3.05, 3.63) is 47.0 Å². The number of rotatable bonds is 7. The maximum atomic E-state index is 12.8. The molecule has 0 aliphatic heterocycles. The number of amides is 1. The van der Waals surface area contributed by atoms with E-state index in [1.807, 2.05) is 17.5 Å². The minimum atomic E-state index is -2.44. The van der Waals surface area contributed by atoms with Gasteiger partial charge in [-0.05, 0) is 23.5 Å². The van der Waals surface area contributed by atoms with E-state index in [-0.39, 0.29) is 17.6 Å². The molecule has 1 aromatic carbocycles. The molecule has 0 radical (unpaired) electrons. The molecule has 1 fully saturated rings. The summed E-state index contributed by atoms with van der Waals surface area (Å²) in [4.78, 5) is 17.0. The monoisotopic (exact) mass is 378 g/mol. The van der Waals surface area contributed by atoms with E-state index in [1.54, 1.807) is 18.3 Å². The highest BCUT2D eigenvalue weighted by atomic mass is 32.2. The first kappa shape index (κ1) is 18.1. The number of thiol groups is 1. The molecule has 1 saturated carbocycles. The van der Waals surface area contributed by atoms with Gasteiger partial charge in [-0.2, -0.15) is 0 Å². The van der Waals surface area contributed by atoms with E-state index < -0.39 is 10.7 Å². The van der Waals surface area contributed by atoms with Gasteiger partial charge >= 0.3 is 0 Å². The number of anilines is 1. The van der Waals surface area contributed by atoms with Crippen molar-refractivity contribution in [1.82, 2.24) is 4.98 Å². The molecule has 1 heterocycles. The van der Waals surface area contributed by atoms with Gasteiger partial charge in [-0.25, -0.2) is 13.4 Å². The summed E-state index contributed by atoms with van der Waals surface area (Å²) < 4.78 is 21.7. The summed E-state index contributed by atoms with van der Waals surface area (Å²) in [7, 11) is -2.44. The molecule has 1 amide bonds. The minimum Gasteiger partial charge on any atom is -0.301 e. The Morgan fingerprint density at radius 1 is 1.24 bits per heavy atom. The van der Waals surface area contributed by atoms with E-state index in [9.17, 15) is 13.2 Å². The molecular formula is C18H22N2O3S2. The highest BCUT2D eigenvalue weighted by Crippen LogP contribution is 2.35. The Balaban J connectivity index is 1.77. The molecular weight excluding hydrogens is 356 g/mol. The molecule has 0 spiro atoms. The average Bonchev–Trinajstić information content (AvgIpc) is 3.26. The summed E-state index contributed by atoms with van der Waals surface area (Å²) in [6.07, 6.45) is 7.32. The fourth-order valence-corrected chi connectivity index (χ4v) is 4.50. The van der Waals surface area contributed by atoms with E-state index in [0.717, 1.165) is 17.5 Å². The summed E-state index contributed by atoms with van der Waals surface area (Å²) in [6, 6.07) is 7.38. The molecule has 1 atom stereocenters. The molecule has 7 heteroatoms. The number of thiazole rings is 1. The predicted molar refractivity (Wildman–Crippen MR) is 101 cm³/mol. The van der Waals surface area contributed by atoms with Gasteiger partial charge in [0.05, 0.1) is 11.7 Å². The van der Waals surface area contributed by atoms with Crippen LogP contribution in [0.25, 0.3) is 0 Å². The fraction of sp³-hybridized carbons (Fsp3) is 0.444. The number of carbonyl (C=O) groups excluding carboxylic acids is 1. The van der Waals surface area contributed by atoms with Gasteiger partial charge in [0, 0.05) is 11.6 Å². The zero-order valence-electron chi connectivity index (χ0n) is 13.9. The van der Waals surface area contributed by atoms with Crippen LogP contribution in [0, 0.1) is 5.92 Å². The third-order valence-electron chi connectivity index (χ3n) is 4.72. The second-order valence-electron chi connectivity index (χ2n) is 6.50. The molecule has 5 nitrogen and oxygen atoms in total. The Morgan fingerprint density at radius 2 is 1.96 bits per heavy atom. The second-order valence-corrected chi connectivity index (χ2v) is 8.37. The van der Waals surface area contributed by atoms with E-state index >= 15 is 0 Å². The molecule has 134 valence electrons. The van der Waals surface area contributed by atoms with Crippen LogP contribution in [-0.2, 0) is 21.3 Å². The lowest BCUT2D eigenvalue weighted by Crippen LogP contribution is -2.23. The second kappa shape index (κ2) is 8.58. The summed E-state index contributed by atoms with van der Waals surface area (Å²) in [5.74, 6) is 0.336. The van der Waals surface area contributed by atoms with Gasteiger partial charge in [-0.3, -0.25) is 4.79 Å². The first-order valence-corrected chi connectivity index (χ1v) is 10.8. The van der Waals surface area contributed by atoms with Crippen LogP contribution in [0.5, 0.6) is 0 Å². The minimum absolute atomic E-state index is 0.0359. The van der Waals surface area contributed by atoms with Gasteiger partial charge in [0.25, 0.3) is 0 Å². The van der Waals surface area contributed by atoms with Crippen molar-refractivity contribution in [3.63, 3.8) is 0 Å². The van der Waals surface area contributed by atoms with E-state index in [0.29, 0.717) is 11.0 Å². The van der Waals surface area contributed by atoms with Gasteiger partial charge in [-0.1, -0.05) is 49.9 Å². The Kier molecular flexibility index (Phi) is 6.20. The Morgan fingerprint density at radius 3 is 2.56 bits per heavy atom. The van der Waals surface area contributed by atoms with Crippen molar-refractivity contribution in [2.45, 2.75) is 43.8 Å². The molecule has 1 aliphatic carbocycles. The van der Waals surface area contributed by atoms with Crippen molar-refractivity contribution in [2.75, 3.05) is 5.32 Å². The average molecular weight is 379 g/mol. The Hall–Kier alpha value is -1.73. The smallest absolute Gasteiger partial charge is 0.233 e. The normalized spacial score (nSPS) is 16.2. The lowest BCUT2D eigenvalue weighted by molar-refractivity contribution is -0.118. The predicted octanol–water partition coefficient (Wildman–Crippen LogP) is 3.56. The molecule has 25 heavy (non-hydrogen) atoms. The van der Waals surface area contributed by atoms with Crippen molar-refractivity contribution >= 4 is 33.1 Å². The summed E-state index contributed by atoms with van der Waals surface area (Å²) in [6.45, 7) is 0. The van der Waals surface area contributed by atoms with E-state index in [1.165, 1.54) is 37.0 Å². The van der Waals surface area contributed by atoms with Crippen LogP contribution < -0.4 is 5.32 Å². The van der Waals surface area contributed by atoms with Crippen LogP contribution >= 0.6 is 11.3 Å². The van der Waals surface area contributed by atoms with E-state index in [4.69, 9.17) is 0 Å². The van der Waals surface area contributed by atoms with Crippen LogP contribution in [0.15, 0.2) is 35.8 Å². The van der Waals surface area contributed by atoms with Gasteiger partial charge < -0.3 is 5.32 Å². The SMILES string of the molecule is O=C(Nc1nccs1)[C@H](CC1CCCC1)c1ccc(C[SH](=O)=O)cc1. The lowest BCUT2D eigenvalue weighted by Gasteiger charge is -2.20. The molecule has 1 aliphatic rings. The van der Waals surface area contributed by atoms with Crippen molar-refractivity contribution in [2.24, 2.45) is 5.92 Å². The third-order valence-corrected chi connectivity index (χ3v) is 6.03. The molecule has 0 unspecified atom stereocenters. The Labute approximate surface area is 153 Å². The highest BCUT2D eigenvalue weighted by molar-refractivity contribution is 7.71. The zero-order chi connectivity index (χ0) is 17.6. The number of nitrogens with zero attached hydrogens (tertiary/aromatic N) is 1. The van der Waals surface area contributed by atoms with Crippen molar-refractivity contribution in [3.8, 4) is 0 Å². The van der Waals surface area contributed by atoms with E-state index in [2.05, 4.69) is 10.3 Å². The molecule has 0 bridgehead atoms. The largest absolute Gasteiger partial charge is 0.301 e. The molecule has 3 rings (SSSR count). The van der Waals surface area contributed by atoms with Crippen LogP contribution in [-0.4, -0.2) is 19.3 Å². The first-order valence-electron chi connectivity index (χ1n) is 8.53. The zero-order valence-corrected chi connectivity index (χ0v) is 15.6. The number of nitrogens with one attached hydrogen (secondary N) is 1. The van der Waals surface area contributed by atoms with Crippen LogP contribution in [0.2, 0.25) is 0 Å². The quantitative estimate of drug-likeness (QED) is 0.723. The summed E-state index contributed by atoms with van der Waals surface area (Å²) >= 11 is 1.41. The number of hydrogen-bond donors (Lipinski definition) is 2. The third kappa shape index (κ3) is 5.12. The molecule has 2 aromatic rings. The van der Waals surface area contributed by atoms with Crippen LogP contribution in [0.3, 0.4) is 0 Å². The van der Waals surface area contributed by atoms with Gasteiger partial charge in [0.1, 0.15) is 10.7 Å². The van der Waals surface area contributed by atoms with Crippen molar-refractivity contribution in [1.29, 1.82) is 0 Å². The number of aromatic nitrogens is 1. The molecule has 0 saturated heterocycles. The summed E-state index contributed by atoms with van der Waals surface area (Å²) in [5, 5.41) is 5.36. The number of benzene rings is 1. The topological polar surface area (TPSA) is 76.1 Å². The van der Waals surface area contributed by atoms with Crippen molar-refractivity contribution < 1.29 is 13.2 Å². The number of carbonyl (C=O) groups is 1. The maximum absolute atomic E-state index is 12.8. The van der Waals surface area contributed by atoms with Gasteiger partial charge in [-0.15, -0.1) is 11.3 Å². The van der Waals surface area contributed by atoms with Gasteiger partial charge in [0.2, 0.25) is 5.91 Å². The number of hydrogen-bond acceptors (Lipinski definition) is 5. The molecule has 1 aromatic heterocycles. The summed E-state index contributed by atoms with van der Waals surface area (Å²) in [5.41, 5.74) is 1.69. The first-order chi connectivity index (χ1) is 12.1. The maximum Gasteiger partial charge on any atom is 0.233 e.